The second-order valence-corrected chi connectivity index (χ2v) is 5.54. The Morgan fingerprint density at radius 2 is 1.81 bits per heavy atom. The molecule has 1 fully saturated rings. The van der Waals surface area contributed by atoms with Gasteiger partial charge in [-0.3, -0.25) is 0 Å². The normalized spacial score (nSPS) is 19.6. The monoisotopic (exact) mass is 283 g/mol. The van der Waals surface area contributed by atoms with Gasteiger partial charge in [-0.05, 0) is 48.9 Å². The molecule has 0 saturated carbocycles. The van der Waals surface area contributed by atoms with Gasteiger partial charge in [0.15, 0.2) is 0 Å². The van der Waals surface area contributed by atoms with Crippen LogP contribution in [0.15, 0.2) is 28.7 Å². The zero-order valence-electron chi connectivity index (χ0n) is 9.42. The molecule has 1 heterocycles. The molecule has 88 valence electrons. The van der Waals surface area contributed by atoms with Crippen LogP contribution in [0.3, 0.4) is 0 Å². The number of hydrogen-bond acceptors (Lipinski definition) is 2. The fourth-order valence-electron chi connectivity index (χ4n) is 2.29. The van der Waals surface area contributed by atoms with Crippen molar-refractivity contribution in [3.8, 4) is 0 Å². The summed E-state index contributed by atoms with van der Waals surface area (Å²) in [7, 11) is 0. The molecule has 1 aliphatic rings. The minimum Gasteiger partial charge on any atom is -0.381 e. The number of nitrogens with two attached hydrogens (primary N) is 1. The molecule has 0 amide bonds. The molecule has 2 nitrogen and oxygen atoms in total. The minimum absolute atomic E-state index is 0.256. The summed E-state index contributed by atoms with van der Waals surface area (Å²) < 4.78 is 6.55. The highest BCUT2D eigenvalue weighted by Crippen LogP contribution is 2.33. The molecular weight excluding hydrogens is 266 g/mol. The molecule has 0 bridgehead atoms. The summed E-state index contributed by atoms with van der Waals surface area (Å²) in [4.78, 5) is 0. The largest absolute Gasteiger partial charge is 0.381 e. The lowest BCUT2D eigenvalue weighted by Gasteiger charge is -2.36. The maximum Gasteiger partial charge on any atom is 0.0471 e. The van der Waals surface area contributed by atoms with Gasteiger partial charge in [0.25, 0.3) is 0 Å². The first kappa shape index (κ1) is 12.1. The SMILES string of the molecule is NCC1(Cc2ccc(Br)cc2)CCOCC1. The fraction of sp³-hybridized carbons (Fsp3) is 0.538. The van der Waals surface area contributed by atoms with Crippen molar-refractivity contribution in [2.45, 2.75) is 19.3 Å². The maximum atomic E-state index is 5.95. The smallest absolute Gasteiger partial charge is 0.0471 e. The second-order valence-electron chi connectivity index (χ2n) is 4.62. The van der Waals surface area contributed by atoms with E-state index in [1.54, 1.807) is 0 Å². The lowest BCUT2D eigenvalue weighted by molar-refractivity contribution is 0.0191. The Kier molecular flexibility index (Phi) is 4.00. The van der Waals surface area contributed by atoms with Crippen molar-refractivity contribution < 1.29 is 4.74 Å². The van der Waals surface area contributed by atoms with Crippen LogP contribution in [-0.2, 0) is 11.2 Å². The summed E-state index contributed by atoms with van der Waals surface area (Å²) in [5, 5.41) is 0. The Morgan fingerprint density at radius 1 is 1.19 bits per heavy atom. The van der Waals surface area contributed by atoms with Crippen molar-refractivity contribution in [3.05, 3.63) is 34.3 Å². The number of hydrogen-bond donors (Lipinski definition) is 1. The van der Waals surface area contributed by atoms with Gasteiger partial charge in [-0.2, -0.15) is 0 Å². The molecule has 1 aromatic carbocycles. The molecule has 16 heavy (non-hydrogen) atoms. The number of halogens is 1. The van der Waals surface area contributed by atoms with E-state index in [0.29, 0.717) is 0 Å². The highest BCUT2D eigenvalue weighted by molar-refractivity contribution is 9.10. The maximum absolute atomic E-state index is 5.95. The number of benzene rings is 1. The predicted octanol–water partition coefficient (Wildman–Crippen LogP) is 2.75. The van der Waals surface area contributed by atoms with Gasteiger partial charge >= 0.3 is 0 Å². The number of rotatable bonds is 3. The molecule has 0 radical (unpaired) electrons. The first-order valence-corrected chi connectivity index (χ1v) is 6.56. The van der Waals surface area contributed by atoms with Crippen LogP contribution in [0.5, 0.6) is 0 Å². The lowest BCUT2D eigenvalue weighted by atomic mass is 9.75. The highest BCUT2D eigenvalue weighted by atomic mass is 79.9. The van der Waals surface area contributed by atoms with E-state index in [0.717, 1.165) is 43.5 Å². The third kappa shape index (κ3) is 2.84. The van der Waals surface area contributed by atoms with Crippen molar-refractivity contribution in [3.63, 3.8) is 0 Å². The third-order valence-corrected chi connectivity index (χ3v) is 4.01. The second kappa shape index (κ2) is 5.30. The summed E-state index contributed by atoms with van der Waals surface area (Å²) in [5.74, 6) is 0. The van der Waals surface area contributed by atoms with Crippen molar-refractivity contribution in [2.24, 2.45) is 11.1 Å². The van der Waals surface area contributed by atoms with Crippen LogP contribution < -0.4 is 5.73 Å². The topological polar surface area (TPSA) is 35.2 Å². The molecule has 3 heteroatoms. The Hall–Kier alpha value is -0.380. The van der Waals surface area contributed by atoms with Crippen molar-refractivity contribution >= 4 is 15.9 Å². The molecular formula is C13H18BrNO. The van der Waals surface area contributed by atoms with E-state index >= 15 is 0 Å². The highest BCUT2D eigenvalue weighted by Gasteiger charge is 2.31. The average molecular weight is 284 g/mol. The van der Waals surface area contributed by atoms with Crippen LogP contribution in [0, 0.1) is 5.41 Å². The molecule has 1 saturated heterocycles. The van der Waals surface area contributed by atoms with Crippen LogP contribution in [0.2, 0.25) is 0 Å². The van der Waals surface area contributed by atoms with Gasteiger partial charge in [0.1, 0.15) is 0 Å². The van der Waals surface area contributed by atoms with Gasteiger partial charge in [-0.15, -0.1) is 0 Å². The standard InChI is InChI=1S/C13H18BrNO/c14-12-3-1-11(2-4-12)9-13(10-15)5-7-16-8-6-13/h1-4H,5-10,15H2. The summed E-state index contributed by atoms with van der Waals surface area (Å²) in [5.41, 5.74) is 7.58. The first-order valence-electron chi connectivity index (χ1n) is 5.76. The van der Waals surface area contributed by atoms with E-state index in [-0.39, 0.29) is 5.41 Å². The third-order valence-electron chi connectivity index (χ3n) is 3.48. The Morgan fingerprint density at radius 3 is 2.38 bits per heavy atom. The molecule has 1 aliphatic heterocycles. The Labute approximate surface area is 105 Å². The van der Waals surface area contributed by atoms with E-state index in [1.807, 2.05) is 0 Å². The van der Waals surface area contributed by atoms with Gasteiger partial charge < -0.3 is 10.5 Å². The zero-order valence-corrected chi connectivity index (χ0v) is 11.0. The minimum atomic E-state index is 0.256. The van der Waals surface area contributed by atoms with Crippen LogP contribution in [0.4, 0.5) is 0 Å². The summed E-state index contributed by atoms with van der Waals surface area (Å²) >= 11 is 3.46. The summed E-state index contributed by atoms with van der Waals surface area (Å²) in [6, 6.07) is 8.55. The molecule has 0 aliphatic carbocycles. The van der Waals surface area contributed by atoms with E-state index in [2.05, 4.69) is 40.2 Å². The van der Waals surface area contributed by atoms with E-state index in [9.17, 15) is 0 Å². The van der Waals surface area contributed by atoms with Gasteiger partial charge in [0.05, 0.1) is 0 Å². The van der Waals surface area contributed by atoms with Crippen LogP contribution in [0.25, 0.3) is 0 Å². The fourth-order valence-corrected chi connectivity index (χ4v) is 2.56. The van der Waals surface area contributed by atoms with Gasteiger partial charge in [0, 0.05) is 17.7 Å². The van der Waals surface area contributed by atoms with Crippen molar-refractivity contribution in [2.75, 3.05) is 19.8 Å². The molecule has 0 unspecified atom stereocenters. The molecule has 0 aromatic heterocycles. The molecule has 2 rings (SSSR count). The quantitative estimate of drug-likeness (QED) is 0.926. The van der Waals surface area contributed by atoms with Crippen molar-refractivity contribution in [1.82, 2.24) is 0 Å². The molecule has 1 aromatic rings. The zero-order chi connectivity index (χ0) is 11.4. The van der Waals surface area contributed by atoms with Crippen LogP contribution in [-0.4, -0.2) is 19.8 Å². The summed E-state index contributed by atoms with van der Waals surface area (Å²) in [6.45, 7) is 2.47. The van der Waals surface area contributed by atoms with E-state index < -0.39 is 0 Å². The molecule has 2 N–H and O–H groups in total. The molecule has 0 spiro atoms. The van der Waals surface area contributed by atoms with E-state index in [4.69, 9.17) is 10.5 Å². The van der Waals surface area contributed by atoms with Crippen LogP contribution >= 0.6 is 15.9 Å². The van der Waals surface area contributed by atoms with Crippen molar-refractivity contribution in [1.29, 1.82) is 0 Å². The van der Waals surface area contributed by atoms with Crippen LogP contribution in [0.1, 0.15) is 18.4 Å². The van der Waals surface area contributed by atoms with Gasteiger partial charge in [0.2, 0.25) is 0 Å². The lowest BCUT2D eigenvalue weighted by Crippen LogP contribution is -2.38. The Bertz CT molecular complexity index is 330. The van der Waals surface area contributed by atoms with E-state index in [1.165, 1.54) is 5.56 Å². The average Bonchev–Trinajstić information content (AvgIpc) is 2.33. The van der Waals surface area contributed by atoms with Gasteiger partial charge in [-0.25, -0.2) is 0 Å². The van der Waals surface area contributed by atoms with Gasteiger partial charge in [-0.1, -0.05) is 28.1 Å². The summed E-state index contributed by atoms with van der Waals surface area (Å²) in [6.07, 6.45) is 3.24. The Balaban J connectivity index is 2.08. The first-order chi connectivity index (χ1) is 7.74. The predicted molar refractivity (Wildman–Crippen MR) is 69.4 cm³/mol. The number of ether oxygens (including phenoxy) is 1. The molecule has 0 atom stereocenters.